The molecule has 0 aliphatic carbocycles. The van der Waals surface area contributed by atoms with Crippen LogP contribution >= 0.6 is 15.9 Å². The number of hydrogen-bond donors (Lipinski definition) is 1. The first kappa shape index (κ1) is 22.9. The van der Waals surface area contributed by atoms with Crippen LogP contribution in [-0.4, -0.2) is 30.8 Å². The first-order valence-corrected chi connectivity index (χ1v) is 10.7. The summed E-state index contributed by atoms with van der Waals surface area (Å²) in [5.41, 5.74) is 0.243. The van der Waals surface area contributed by atoms with Gasteiger partial charge in [0.1, 0.15) is 12.2 Å². The molecule has 12 heteroatoms. The van der Waals surface area contributed by atoms with Gasteiger partial charge in [-0.05, 0) is 38.1 Å². The molecule has 4 aromatic rings. The largest absolute Gasteiger partial charge is 0.433 e. The predicted molar refractivity (Wildman–Crippen MR) is 117 cm³/mol. The second kappa shape index (κ2) is 8.58. The second-order valence-electron chi connectivity index (χ2n) is 7.33. The van der Waals surface area contributed by atoms with Crippen LogP contribution in [0.2, 0.25) is 0 Å². The number of aromatic nitrogens is 5. The third-order valence-corrected chi connectivity index (χ3v) is 5.53. The van der Waals surface area contributed by atoms with Gasteiger partial charge in [0.05, 0.1) is 28.2 Å². The van der Waals surface area contributed by atoms with Crippen molar-refractivity contribution in [2.45, 2.75) is 39.9 Å². The van der Waals surface area contributed by atoms with Crippen molar-refractivity contribution in [3.63, 3.8) is 0 Å². The summed E-state index contributed by atoms with van der Waals surface area (Å²) in [5.74, 6) is 0.217. The Balaban J connectivity index is 1.70. The number of carbonyl (C=O) groups is 1. The predicted octanol–water partition coefficient (Wildman–Crippen LogP) is 5.08. The van der Waals surface area contributed by atoms with Crippen molar-refractivity contribution in [2.75, 3.05) is 5.32 Å². The third-order valence-electron chi connectivity index (χ3n) is 5.04. The maximum Gasteiger partial charge on any atom is 0.433 e. The molecule has 0 aliphatic heterocycles. The van der Waals surface area contributed by atoms with Crippen molar-refractivity contribution >= 4 is 38.4 Å². The molecule has 3 heterocycles. The van der Waals surface area contributed by atoms with Gasteiger partial charge in [-0.15, -0.1) is 0 Å². The molecule has 0 saturated carbocycles. The van der Waals surface area contributed by atoms with Crippen LogP contribution in [-0.2, 0) is 19.1 Å². The van der Waals surface area contributed by atoms with E-state index in [0.717, 1.165) is 6.07 Å². The summed E-state index contributed by atoms with van der Waals surface area (Å²) in [5, 5.41) is 11.2. The first-order chi connectivity index (χ1) is 15.6. The van der Waals surface area contributed by atoms with E-state index in [1.807, 2.05) is 6.92 Å². The maximum absolute atomic E-state index is 13.4. The Morgan fingerprint density at radius 3 is 2.64 bits per heavy atom. The van der Waals surface area contributed by atoms with Crippen molar-refractivity contribution in [1.29, 1.82) is 0 Å². The van der Waals surface area contributed by atoms with Gasteiger partial charge in [-0.1, -0.05) is 28.0 Å². The molecule has 0 fully saturated rings. The van der Waals surface area contributed by atoms with E-state index in [1.54, 1.807) is 30.7 Å². The molecular weight excluding hydrogens is 505 g/mol. The van der Waals surface area contributed by atoms with Gasteiger partial charge >= 0.3 is 6.18 Å². The zero-order valence-corrected chi connectivity index (χ0v) is 19.4. The molecule has 0 unspecified atom stereocenters. The number of nitrogens with one attached hydrogen (secondary N) is 1. The van der Waals surface area contributed by atoms with Crippen LogP contribution in [0.4, 0.5) is 18.9 Å². The maximum atomic E-state index is 13.4. The zero-order valence-electron chi connectivity index (χ0n) is 17.8. The molecule has 0 bridgehead atoms. The summed E-state index contributed by atoms with van der Waals surface area (Å²) in [6.07, 6.45) is -4.08. The number of pyridine rings is 1. The van der Waals surface area contributed by atoms with Crippen molar-refractivity contribution < 1.29 is 22.5 Å². The van der Waals surface area contributed by atoms with Crippen LogP contribution in [0.5, 0.6) is 0 Å². The van der Waals surface area contributed by atoms with E-state index < -0.39 is 17.8 Å². The SMILES string of the molecule is CCc1noc(Cn2nc(C)c(NC(=O)c3cc(C(F)(F)F)nc4ccc(Br)cc34)c2C)n1. The van der Waals surface area contributed by atoms with Crippen LogP contribution in [0.3, 0.4) is 0 Å². The van der Waals surface area contributed by atoms with Crippen molar-refractivity contribution in [3.05, 3.63) is 63.1 Å². The number of carbonyl (C=O) groups excluding carboxylic acids is 1. The van der Waals surface area contributed by atoms with E-state index >= 15 is 0 Å². The Bertz CT molecular complexity index is 1360. The minimum absolute atomic E-state index is 0.0606. The molecule has 1 N–H and O–H groups in total. The lowest BCUT2D eigenvalue weighted by Gasteiger charge is -2.13. The van der Waals surface area contributed by atoms with Crippen LogP contribution < -0.4 is 5.32 Å². The highest BCUT2D eigenvalue weighted by Crippen LogP contribution is 2.32. The lowest BCUT2D eigenvalue weighted by molar-refractivity contribution is -0.140. The van der Waals surface area contributed by atoms with Crippen LogP contribution in [0.1, 0.15) is 46.1 Å². The summed E-state index contributed by atoms with van der Waals surface area (Å²) in [6, 6.07) is 5.30. The van der Waals surface area contributed by atoms with Crippen molar-refractivity contribution in [2.24, 2.45) is 0 Å². The molecule has 0 saturated heterocycles. The molecule has 1 aromatic carbocycles. The average molecular weight is 523 g/mol. The molecule has 8 nitrogen and oxygen atoms in total. The minimum atomic E-state index is -4.70. The Morgan fingerprint density at radius 1 is 1.21 bits per heavy atom. The molecule has 0 aliphatic rings. The fourth-order valence-electron chi connectivity index (χ4n) is 3.37. The lowest BCUT2D eigenvalue weighted by Crippen LogP contribution is -2.17. The Kier molecular flexibility index (Phi) is 5.95. The number of hydrogen-bond acceptors (Lipinski definition) is 6. The van der Waals surface area contributed by atoms with E-state index in [9.17, 15) is 18.0 Å². The summed E-state index contributed by atoms with van der Waals surface area (Å²) in [7, 11) is 0. The molecule has 1 amide bonds. The van der Waals surface area contributed by atoms with E-state index in [0.29, 0.717) is 39.7 Å². The lowest BCUT2D eigenvalue weighted by atomic mass is 10.1. The molecule has 0 atom stereocenters. The van der Waals surface area contributed by atoms with E-state index in [4.69, 9.17) is 4.52 Å². The molecule has 3 aromatic heterocycles. The van der Waals surface area contributed by atoms with Crippen LogP contribution in [0.15, 0.2) is 33.3 Å². The fourth-order valence-corrected chi connectivity index (χ4v) is 3.73. The summed E-state index contributed by atoms with van der Waals surface area (Å²) < 4.78 is 47.6. The van der Waals surface area contributed by atoms with Gasteiger partial charge in [0.25, 0.3) is 5.91 Å². The van der Waals surface area contributed by atoms with E-state index in [2.05, 4.69) is 41.5 Å². The van der Waals surface area contributed by atoms with Gasteiger partial charge in [-0.2, -0.15) is 23.3 Å². The summed E-state index contributed by atoms with van der Waals surface area (Å²) in [4.78, 5) is 21.0. The van der Waals surface area contributed by atoms with Gasteiger partial charge in [-0.3, -0.25) is 9.48 Å². The smallest absolute Gasteiger partial charge is 0.337 e. The monoisotopic (exact) mass is 522 g/mol. The van der Waals surface area contributed by atoms with Crippen molar-refractivity contribution in [3.8, 4) is 0 Å². The number of fused-ring (bicyclic) bond motifs is 1. The van der Waals surface area contributed by atoms with E-state index in [-0.39, 0.29) is 23.0 Å². The summed E-state index contributed by atoms with van der Waals surface area (Å²) >= 11 is 3.29. The van der Waals surface area contributed by atoms with E-state index in [1.165, 1.54) is 6.07 Å². The number of alkyl halides is 3. The highest BCUT2D eigenvalue weighted by atomic mass is 79.9. The number of amides is 1. The zero-order chi connectivity index (χ0) is 23.9. The van der Waals surface area contributed by atoms with Gasteiger partial charge in [-0.25, -0.2) is 4.98 Å². The fraction of sp³-hybridized carbons (Fsp3) is 0.286. The number of halogens is 4. The normalized spacial score (nSPS) is 11.8. The Labute approximate surface area is 194 Å². The number of benzene rings is 1. The van der Waals surface area contributed by atoms with Gasteiger partial charge in [0, 0.05) is 16.3 Å². The minimum Gasteiger partial charge on any atom is -0.337 e. The molecule has 172 valence electrons. The number of nitrogens with zero attached hydrogens (tertiary/aromatic N) is 5. The molecule has 0 spiro atoms. The van der Waals surface area contributed by atoms with Gasteiger partial charge in [0.15, 0.2) is 5.82 Å². The van der Waals surface area contributed by atoms with Crippen LogP contribution in [0.25, 0.3) is 10.9 Å². The average Bonchev–Trinajstić information content (AvgIpc) is 3.32. The quantitative estimate of drug-likeness (QED) is 0.392. The first-order valence-electron chi connectivity index (χ1n) is 9.91. The third kappa shape index (κ3) is 4.61. The molecule has 33 heavy (non-hydrogen) atoms. The Hall–Kier alpha value is -3.28. The topological polar surface area (TPSA) is 98.7 Å². The molecule has 4 rings (SSSR count). The Morgan fingerprint density at radius 2 is 1.97 bits per heavy atom. The highest BCUT2D eigenvalue weighted by molar-refractivity contribution is 9.10. The second-order valence-corrected chi connectivity index (χ2v) is 8.25. The van der Waals surface area contributed by atoms with Gasteiger partial charge in [0.2, 0.25) is 5.89 Å². The number of rotatable bonds is 5. The molecule has 0 radical (unpaired) electrons. The highest BCUT2D eigenvalue weighted by Gasteiger charge is 2.34. The number of anilines is 1. The molecular formula is C21H18BrF3N6O2. The standard InChI is InChI=1S/C21H18BrF3N6O2/c1-4-17-27-18(33-30-17)9-31-11(3)19(10(2)29-31)28-20(32)14-8-16(21(23,24)25)26-15-6-5-12(22)7-13(14)15/h5-8H,4,9H2,1-3H3,(H,28,32). The van der Waals surface area contributed by atoms with Gasteiger partial charge < -0.3 is 9.84 Å². The summed E-state index contributed by atoms with van der Waals surface area (Å²) in [6.45, 7) is 5.51. The van der Waals surface area contributed by atoms with Crippen molar-refractivity contribution in [1.82, 2.24) is 24.9 Å². The number of aryl methyl sites for hydroxylation is 2. The van der Waals surface area contributed by atoms with Crippen LogP contribution in [0, 0.1) is 13.8 Å².